The third kappa shape index (κ3) is 3.25. The number of nitrogens with zero attached hydrogens (tertiary/aromatic N) is 3. The van der Waals surface area contributed by atoms with Gasteiger partial charge in [0.2, 0.25) is 5.88 Å². The molecule has 0 fully saturated rings. The molecule has 0 aliphatic carbocycles. The van der Waals surface area contributed by atoms with Gasteiger partial charge in [-0.1, -0.05) is 6.07 Å². The fraction of sp³-hybridized carbons (Fsp3) is 0.500. The molecular weight excluding hydrogens is 370 g/mol. The summed E-state index contributed by atoms with van der Waals surface area (Å²) in [5.41, 5.74) is 0.0746. The molecule has 8 nitrogen and oxygen atoms in total. The van der Waals surface area contributed by atoms with Crippen LogP contribution in [0.1, 0.15) is 25.8 Å². The molecule has 2 aliphatic rings. The van der Waals surface area contributed by atoms with Crippen molar-refractivity contribution in [2.24, 2.45) is 0 Å². The Labute approximate surface area is 158 Å². The molecule has 0 unspecified atom stereocenters. The molecule has 3 heterocycles. The first-order chi connectivity index (χ1) is 12.8. The fourth-order valence-electron chi connectivity index (χ4n) is 3.42. The Morgan fingerprint density at radius 2 is 2.11 bits per heavy atom. The first-order valence-electron chi connectivity index (χ1n) is 8.85. The van der Waals surface area contributed by atoms with E-state index in [9.17, 15) is 8.42 Å². The summed E-state index contributed by atoms with van der Waals surface area (Å²) in [4.78, 5) is 0.106. The van der Waals surface area contributed by atoms with Crippen LogP contribution in [0.25, 0.3) is 0 Å². The molecule has 0 amide bonds. The van der Waals surface area contributed by atoms with Gasteiger partial charge < -0.3 is 14.2 Å². The normalized spacial score (nSPS) is 19.2. The first kappa shape index (κ1) is 18.1. The highest BCUT2D eigenvalue weighted by molar-refractivity contribution is 7.89. The van der Waals surface area contributed by atoms with Crippen LogP contribution in [-0.4, -0.2) is 48.4 Å². The summed E-state index contributed by atoms with van der Waals surface area (Å²) in [7, 11) is -2.21. The van der Waals surface area contributed by atoms with Crippen molar-refractivity contribution < 1.29 is 22.6 Å². The number of hydrogen-bond acceptors (Lipinski definition) is 6. The summed E-state index contributed by atoms with van der Waals surface area (Å²) in [6.45, 7) is 5.29. The van der Waals surface area contributed by atoms with Crippen molar-refractivity contribution in [3.8, 4) is 17.4 Å². The lowest BCUT2D eigenvalue weighted by molar-refractivity contribution is 0.0951. The minimum Gasteiger partial charge on any atom is -0.497 e. The van der Waals surface area contributed by atoms with Crippen LogP contribution in [0.5, 0.6) is 17.4 Å². The van der Waals surface area contributed by atoms with E-state index >= 15 is 0 Å². The summed E-state index contributed by atoms with van der Waals surface area (Å²) in [6, 6.07) is 5.43. The first-order valence-corrected chi connectivity index (χ1v) is 10.3. The summed E-state index contributed by atoms with van der Waals surface area (Å²) >= 11 is 0. The maximum absolute atomic E-state index is 13.4. The number of methoxy groups -OCH3 is 1. The van der Waals surface area contributed by atoms with Gasteiger partial charge in [-0.15, -0.1) is 0 Å². The van der Waals surface area contributed by atoms with Gasteiger partial charge >= 0.3 is 0 Å². The zero-order valence-corrected chi connectivity index (χ0v) is 16.5. The standard InChI is InChI=1S/C18H23N3O5S/c1-18(2)12-20(11-13-5-6-14(24-3)9-15(13)26-18)27(22,23)16-10-19-21-7-4-8-25-17(16)21/h5-6,9-10H,4,7-8,11-12H2,1-3H3. The van der Waals surface area contributed by atoms with E-state index in [4.69, 9.17) is 14.2 Å². The average molecular weight is 393 g/mol. The van der Waals surface area contributed by atoms with Crippen LogP contribution in [0.15, 0.2) is 29.3 Å². The predicted octanol–water partition coefficient (Wildman–Crippen LogP) is 2.04. The molecule has 0 radical (unpaired) electrons. The van der Waals surface area contributed by atoms with E-state index in [0.717, 1.165) is 12.0 Å². The van der Waals surface area contributed by atoms with Crippen LogP contribution < -0.4 is 14.2 Å². The quantitative estimate of drug-likeness (QED) is 0.794. The predicted molar refractivity (Wildman–Crippen MR) is 97.6 cm³/mol. The Hall–Kier alpha value is -2.26. The molecule has 4 rings (SSSR count). The largest absolute Gasteiger partial charge is 0.497 e. The van der Waals surface area contributed by atoms with Crippen LogP contribution in [-0.2, 0) is 23.1 Å². The monoisotopic (exact) mass is 393 g/mol. The van der Waals surface area contributed by atoms with Gasteiger partial charge in [0.1, 0.15) is 17.1 Å². The second-order valence-electron chi connectivity index (χ2n) is 7.35. The Kier molecular flexibility index (Phi) is 4.31. The van der Waals surface area contributed by atoms with E-state index in [2.05, 4.69) is 5.10 Å². The van der Waals surface area contributed by atoms with Gasteiger partial charge in [-0.05, 0) is 19.9 Å². The van der Waals surface area contributed by atoms with Gasteiger partial charge in [0.15, 0.2) is 4.90 Å². The average Bonchev–Trinajstić information content (AvgIpc) is 3.00. The van der Waals surface area contributed by atoms with E-state index in [1.807, 2.05) is 19.9 Å². The van der Waals surface area contributed by atoms with Gasteiger partial charge in [-0.25, -0.2) is 13.1 Å². The lowest BCUT2D eigenvalue weighted by Gasteiger charge is -2.29. The Morgan fingerprint density at radius 1 is 1.30 bits per heavy atom. The van der Waals surface area contributed by atoms with Gasteiger partial charge in [0.05, 0.1) is 26.5 Å². The molecule has 2 aromatic rings. The number of fused-ring (bicyclic) bond motifs is 2. The minimum absolute atomic E-state index is 0.106. The SMILES string of the molecule is COc1ccc2c(c1)OC(C)(C)CN(S(=O)(=O)c1cnn3c1OCCC3)C2. The van der Waals surface area contributed by atoms with Crippen molar-refractivity contribution in [1.82, 2.24) is 14.1 Å². The lowest BCUT2D eigenvalue weighted by Crippen LogP contribution is -2.43. The van der Waals surface area contributed by atoms with Gasteiger partial charge in [-0.2, -0.15) is 9.40 Å². The lowest BCUT2D eigenvalue weighted by atomic mass is 10.1. The molecule has 0 bridgehead atoms. The second-order valence-corrected chi connectivity index (χ2v) is 9.25. The van der Waals surface area contributed by atoms with E-state index in [1.54, 1.807) is 23.9 Å². The van der Waals surface area contributed by atoms with Crippen LogP contribution in [0.3, 0.4) is 0 Å². The fourth-order valence-corrected chi connectivity index (χ4v) is 5.05. The molecule has 2 aliphatic heterocycles. The molecule has 0 saturated heterocycles. The number of hydrogen-bond donors (Lipinski definition) is 0. The molecule has 27 heavy (non-hydrogen) atoms. The maximum Gasteiger partial charge on any atom is 0.250 e. The molecule has 0 spiro atoms. The van der Waals surface area contributed by atoms with Crippen molar-refractivity contribution in [3.05, 3.63) is 30.0 Å². The van der Waals surface area contributed by atoms with E-state index < -0.39 is 15.6 Å². The summed E-state index contributed by atoms with van der Waals surface area (Å²) in [6.07, 6.45) is 2.19. The number of sulfonamides is 1. The summed E-state index contributed by atoms with van der Waals surface area (Å²) < 4.78 is 46.8. The smallest absolute Gasteiger partial charge is 0.250 e. The number of aryl methyl sites for hydroxylation is 1. The number of benzene rings is 1. The number of aromatic nitrogens is 2. The molecule has 1 aromatic carbocycles. The molecule has 146 valence electrons. The zero-order chi connectivity index (χ0) is 19.2. The van der Waals surface area contributed by atoms with Crippen molar-refractivity contribution in [3.63, 3.8) is 0 Å². The van der Waals surface area contributed by atoms with Crippen molar-refractivity contribution >= 4 is 10.0 Å². The van der Waals surface area contributed by atoms with Crippen LogP contribution in [0.2, 0.25) is 0 Å². The van der Waals surface area contributed by atoms with Crippen molar-refractivity contribution in [2.75, 3.05) is 20.3 Å². The van der Waals surface area contributed by atoms with Crippen LogP contribution in [0, 0.1) is 0 Å². The van der Waals surface area contributed by atoms with E-state index in [0.29, 0.717) is 30.5 Å². The summed E-state index contributed by atoms with van der Waals surface area (Å²) in [5, 5.41) is 4.18. The number of ether oxygens (including phenoxy) is 3. The molecule has 0 saturated carbocycles. The Balaban J connectivity index is 1.75. The Bertz CT molecular complexity index is 967. The highest BCUT2D eigenvalue weighted by atomic mass is 32.2. The molecule has 1 aromatic heterocycles. The topological polar surface area (TPSA) is 82.9 Å². The minimum atomic E-state index is -3.80. The zero-order valence-electron chi connectivity index (χ0n) is 15.6. The molecule has 0 N–H and O–H groups in total. The summed E-state index contributed by atoms with van der Waals surface area (Å²) in [5.74, 6) is 1.62. The molecule has 9 heteroatoms. The second kappa shape index (κ2) is 6.42. The van der Waals surface area contributed by atoms with E-state index in [-0.39, 0.29) is 18.0 Å². The van der Waals surface area contributed by atoms with Gasteiger partial charge in [0.25, 0.3) is 10.0 Å². The highest BCUT2D eigenvalue weighted by Crippen LogP contribution is 2.36. The van der Waals surface area contributed by atoms with E-state index in [1.165, 1.54) is 10.5 Å². The van der Waals surface area contributed by atoms with Crippen molar-refractivity contribution in [1.29, 1.82) is 0 Å². The molecule has 0 atom stereocenters. The Morgan fingerprint density at radius 3 is 2.89 bits per heavy atom. The van der Waals surface area contributed by atoms with Gasteiger partial charge in [0, 0.05) is 31.1 Å². The van der Waals surface area contributed by atoms with Crippen LogP contribution >= 0.6 is 0 Å². The highest BCUT2D eigenvalue weighted by Gasteiger charge is 2.39. The number of rotatable bonds is 3. The third-order valence-corrected chi connectivity index (χ3v) is 6.47. The maximum atomic E-state index is 13.4. The molecular formula is C18H23N3O5S. The van der Waals surface area contributed by atoms with Crippen molar-refractivity contribution in [2.45, 2.75) is 43.9 Å². The van der Waals surface area contributed by atoms with Gasteiger partial charge in [-0.3, -0.25) is 0 Å². The third-order valence-electron chi connectivity index (χ3n) is 4.69. The van der Waals surface area contributed by atoms with Crippen LogP contribution in [0.4, 0.5) is 0 Å².